The van der Waals surface area contributed by atoms with Crippen LogP contribution in [0.2, 0.25) is 0 Å². The van der Waals surface area contributed by atoms with Crippen LogP contribution in [-0.2, 0) is 19.4 Å². The summed E-state index contributed by atoms with van der Waals surface area (Å²) >= 11 is 0. The molecule has 0 unspecified atom stereocenters. The fourth-order valence-electron chi connectivity index (χ4n) is 3.29. The first-order chi connectivity index (χ1) is 10.3. The molecule has 1 aromatic heterocycles. The van der Waals surface area contributed by atoms with Gasteiger partial charge in [0.25, 0.3) is 0 Å². The molecule has 0 saturated carbocycles. The van der Waals surface area contributed by atoms with E-state index in [0.717, 1.165) is 31.5 Å². The second-order valence-corrected chi connectivity index (χ2v) is 5.88. The summed E-state index contributed by atoms with van der Waals surface area (Å²) in [6.07, 6.45) is 1.97. The van der Waals surface area contributed by atoms with E-state index in [0.29, 0.717) is 0 Å². The first kappa shape index (κ1) is 12.7. The average Bonchev–Trinajstić information content (AvgIpc) is 2.88. The molecule has 0 radical (unpaired) electrons. The van der Waals surface area contributed by atoms with Gasteiger partial charge in [-0.1, -0.05) is 36.4 Å². The van der Waals surface area contributed by atoms with Gasteiger partial charge in [-0.25, -0.2) is 0 Å². The first-order valence-electron chi connectivity index (χ1n) is 7.59. The van der Waals surface area contributed by atoms with E-state index in [1.807, 2.05) is 0 Å². The third kappa shape index (κ3) is 2.26. The number of hydrogen-bond acceptors (Lipinski definition) is 2. The Hall–Kier alpha value is -2.06. The Bertz CT molecular complexity index is 786. The van der Waals surface area contributed by atoms with Gasteiger partial charge in [-0.05, 0) is 36.1 Å². The Balaban J connectivity index is 1.80. The molecule has 2 nitrogen and oxygen atoms in total. The van der Waals surface area contributed by atoms with Crippen LogP contribution >= 0.6 is 0 Å². The van der Waals surface area contributed by atoms with Crippen LogP contribution in [0.25, 0.3) is 11.0 Å². The SMILES string of the molecule is Cc1cc(Cc2ccccc2)cc2c3c(oc12)CCNC3. The fraction of sp³-hybridized carbons (Fsp3) is 0.263. The molecule has 0 aliphatic carbocycles. The maximum Gasteiger partial charge on any atom is 0.137 e. The smallest absolute Gasteiger partial charge is 0.137 e. The molecule has 4 rings (SSSR count). The van der Waals surface area contributed by atoms with Crippen molar-refractivity contribution in [3.05, 3.63) is 70.5 Å². The van der Waals surface area contributed by atoms with Crippen molar-refractivity contribution in [2.45, 2.75) is 26.3 Å². The zero-order valence-electron chi connectivity index (χ0n) is 12.3. The number of hydrogen-bond donors (Lipinski definition) is 1. The lowest BCUT2D eigenvalue weighted by Crippen LogP contribution is -2.22. The zero-order chi connectivity index (χ0) is 14.2. The minimum absolute atomic E-state index is 0.927. The van der Waals surface area contributed by atoms with Crippen molar-refractivity contribution in [1.29, 1.82) is 0 Å². The van der Waals surface area contributed by atoms with Gasteiger partial charge in [0.15, 0.2) is 0 Å². The van der Waals surface area contributed by atoms with Gasteiger partial charge in [0, 0.05) is 30.5 Å². The van der Waals surface area contributed by atoms with Crippen LogP contribution < -0.4 is 5.32 Å². The van der Waals surface area contributed by atoms with Crippen LogP contribution in [-0.4, -0.2) is 6.54 Å². The summed E-state index contributed by atoms with van der Waals surface area (Å²) in [5.41, 5.74) is 6.38. The Kier molecular flexibility index (Phi) is 3.04. The lowest BCUT2D eigenvalue weighted by atomic mass is 9.98. The van der Waals surface area contributed by atoms with Crippen molar-refractivity contribution in [2.24, 2.45) is 0 Å². The second kappa shape index (κ2) is 5.05. The fourth-order valence-corrected chi connectivity index (χ4v) is 3.29. The number of nitrogens with one attached hydrogen (secondary N) is 1. The Morgan fingerprint density at radius 3 is 2.81 bits per heavy atom. The molecular weight excluding hydrogens is 258 g/mol. The lowest BCUT2D eigenvalue weighted by Gasteiger charge is -2.11. The van der Waals surface area contributed by atoms with Gasteiger partial charge in [0.2, 0.25) is 0 Å². The van der Waals surface area contributed by atoms with E-state index < -0.39 is 0 Å². The van der Waals surface area contributed by atoms with E-state index in [-0.39, 0.29) is 0 Å². The maximum absolute atomic E-state index is 6.09. The molecule has 0 bridgehead atoms. The number of benzene rings is 2. The van der Waals surface area contributed by atoms with Gasteiger partial charge in [0.05, 0.1) is 0 Å². The topological polar surface area (TPSA) is 25.2 Å². The summed E-state index contributed by atoms with van der Waals surface area (Å²) in [4.78, 5) is 0. The molecule has 1 aliphatic heterocycles. The highest BCUT2D eigenvalue weighted by atomic mass is 16.3. The molecule has 0 atom stereocenters. The second-order valence-electron chi connectivity index (χ2n) is 5.88. The monoisotopic (exact) mass is 277 g/mol. The van der Waals surface area contributed by atoms with Gasteiger partial charge in [-0.2, -0.15) is 0 Å². The van der Waals surface area contributed by atoms with E-state index in [1.165, 1.54) is 33.4 Å². The maximum atomic E-state index is 6.09. The highest BCUT2D eigenvalue weighted by Crippen LogP contribution is 2.32. The van der Waals surface area contributed by atoms with Crippen LogP contribution in [0.5, 0.6) is 0 Å². The van der Waals surface area contributed by atoms with Gasteiger partial charge in [0.1, 0.15) is 11.3 Å². The van der Waals surface area contributed by atoms with Crippen LogP contribution in [0.3, 0.4) is 0 Å². The lowest BCUT2D eigenvalue weighted by molar-refractivity contribution is 0.499. The summed E-state index contributed by atoms with van der Waals surface area (Å²) in [6, 6.07) is 15.2. The van der Waals surface area contributed by atoms with Crippen molar-refractivity contribution >= 4 is 11.0 Å². The largest absolute Gasteiger partial charge is 0.460 e. The minimum Gasteiger partial charge on any atom is -0.460 e. The molecule has 1 aliphatic rings. The summed E-state index contributed by atoms with van der Waals surface area (Å²) < 4.78 is 6.09. The Morgan fingerprint density at radius 2 is 1.95 bits per heavy atom. The van der Waals surface area contributed by atoms with Gasteiger partial charge in [-0.15, -0.1) is 0 Å². The number of fused-ring (bicyclic) bond motifs is 3. The molecule has 106 valence electrons. The van der Waals surface area contributed by atoms with Crippen LogP contribution in [0.1, 0.15) is 28.0 Å². The van der Waals surface area contributed by atoms with Gasteiger partial charge < -0.3 is 9.73 Å². The van der Waals surface area contributed by atoms with Crippen LogP contribution in [0.4, 0.5) is 0 Å². The molecule has 0 spiro atoms. The standard InChI is InChI=1S/C19H19NO/c1-13-9-15(10-14-5-3-2-4-6-14)11-16-17-12-20-8-7-18(17)21-19(13)16/h2-6,9,11,20H,7-8,10,12H2,1H3. The molecule has 0 saturated heterocycles. The predicted molar refractivity (Wildman–Crippen MR) is 85.6 cm³/mol. The molecule has 2 heteroatoms. The normalized spacial score (nSPS) is 14.3. The molecular formula is C19H19NO. The third-order valence-corrected chi connectivity index (χ3v) is 4.30. The van der Waals surface area contributed by atoms with Crippen molar-refractivity contribution < 1.29 is 4.42 Å². The van der Waals surface area contributed by atoms with E-state index >= 15 is 0 Å². The summed E-state index contributed by atoms with van der Waals surface area (Å²) in [6.45, 7) is 4.10. The highest BCUT2D eigenvalue weighted by Gasteiger charge is 2.19. The van der Waals surface area contributed by atoms with Gasteiger partial charge >= 0.3 is 0 Å². The molecule has 2 heterocycles. The first-order valence-corrected chi connectivity index (χ1v) is 7.59. The third-order valence-electron chi connectivity index (χ3n) is 4.30. The minimum atomic E-state index is 0.927. The van der Waals surface area contributed by atoms with Crippen LogP contribution in [0, 0.1) is 6.92 Å². The average molecular weight is 277 g/mol. The van der Waals surface area contributed by atoms with Crippen molar-refractivity contribution in [3.63, 3.8) is 0 Å². The molecule has 21 heavy (non-hydrogen) atoms. The Morgan fingerprint density at radius 1 is 1.10 bits per heavy atom. The Labute approximate surface area is 124 Å². The molecule has 1 N–H and O–H groups in total. The summed E-state index contributed by atoms with van der Waals surface area (Å²) in [5, 5.41) is 4.74. The molecule has 0 fully saturated rings. The van der Waals surface area contributed by atoms with E-state index in [1.54, 1.807) is 0 Å². The van der Waals surface area contributed by atoms with Crippen molar-refractivity contribution in [3.8, 4) is 0 Å². The molecule has 0 amide bonds. The summed E-state index contributed by atoms with van der Waals surface area (Å²) in [7, 11) is 0. The van der Waals surface area contributed by atoms with E-state index in [4.69, 9.17) is 4.42 Å². The highest BCUT2D eigenvalue weighted by molar-refractivity contribution is 5.86. The number of aryl methyl sites for hydroxylation is 1. The number of furan rings is 1. The van der Waals surface area contributed by atoms with Crippen molar-refractivity contribution in [2.75, 3.05) is 6.54 Å². The van der Waals surface area contributed by atoms with E-state index in [9.17, 15) is 0 Å². The van der Waals surface area contributed by atoms with Gasteiger partial charge in [-0.3, -0.25) is 0 Å². The molecule has 2 aromatic carbocycles. The van der Waals surface area contributed by atoms with Crippen molar-refractivity contribution in [1.82, 2.24) is 5.32 Å². The van der Waals surface area contributed by atoms with Crippen LogP contribution in [0.15, 0.2) is 46.9 Å². The van der Waals surface area contributed by atoms with E-state index in [2.05, 4.69) is 54.7 Å². The zero-order valence-corrected chi connectivity index (χ0v) is 12.3. The molecule has 3 aromatic rings. The summed E-state index contributed by atoms with van der Waals surface area (Å²) in [5.74, 6) is 1.17. The quantitative estimate of drug-likeness (QED) is 0.766. The predicted octanol–water partition coefficient (Wildman–Crippen LogP) is 3.98. The number of rotatable bonds is 2.